The highest BCUT2D eigenvalue weighted by molar-refractivity contribution is 5.58. The number of aromatic amines is 1. The van der Waals surface area contributed by atoms with Crippen LogP contribution in [0.1, 0.15) is 11.5 Å². The molecule has 0 spiro atoms. The van der Waals surface area contributed by atoms with E-state index in [1.807, 2.05) is 36.5 Å². The van der Waals surface area contributed by atoms with Gasteiger partial charge in [0.1, 0.15) is 23.4 Å². The summed E-state index contributed by atoms with van der Waals surface area (Å²) in [6.45, 7) is 1.77. The SMILES string of the molecule is Cc1nc(C#N)cc(N(C)c2cc[nH]c2)n1. The smallest absolute Gasteiger partial charge is 0.146 e. The van der Waals surface area contributed by atoms with Gasteiger partial charge in [-0.1, -0.05) is 0 Å². The first-order valence-electron chi connectivity index (χ1n) is 4.83. The Balaban J connectivity index is 2.41. The number of rotatable bonds is 2. The second-order valence-corrected chi connectivity index (χ2v) is 3.40. The van der Waals surface area contributed by atoms with Gasteiger partial charge in [0.05, 0.1) is 5.69 Å². The molecule has 5 nitrogen and oxygen atoms in total. The number of aromatic nitrogens is 3. The average molecular weight is 213 g/mol. The predicted octanol–water partition coefficient (Wildman–Crippen LogP) is 1.75. The van der Waals surface area contributed by atoms with Gasteiger partial charge in [-0.15, -0.1) is 0 Å². The molecule has 2 aromatic heterocycles. The molecule has 2 aromatic rings. The van der Waals surface area contributed by atoms with E-state index < -0.39 is 0 Å². The van der Waals surface area contributed by atoms with E-state index >= 15 is 0 Å². The monoisotopic (exact) mass is 213 g/mol. The van der Waals surface area contributed by atoms with E-state index in [0.717, 1.165) is 5.69 Å². The molecule has 16 heavy (non-hydrogen) atoms. The summed E-state index contributed by atoms with van der Waals surface area (Å²) in [5.74, 6) is 1.31. The molecule has 2 rings (SSSR count). The summed E-state index contributed by atoms with van der Waals surface area (Å²) >= 11 is 0. The second kappa shape index (κ2) is 4.03. The average Bonchev–Trinajstić information content (AvgIpc) is 2.80. The summed E-state index contributed by atoms with van der Waals surface area (Å²) in [4.78, 5) is 13.2. The zero-order valence-corrected chi connectivity index (χ0v) is 9.10. The van der Waals surface area contributed by atoms with Crippen LogP contribution in [0.2, 0.25) is 0 Å². The Hall–Kier alpha value is -2.35. The molecule has 0 unspecified atom stereocenters. The van der Waals surface area contributed by atoms with E-state index in [9.17, 15) is 0 Å². The van der Waals surface area contributed by atoms with Gasteiger partial charge in [0.25, 0.3) is 0 Å². The molecule has 0 aliphatic heterocycles. The van der Waals surface area contributed by atoms with Crippen LogP contribution < -0.4 is 4.90 Å². The summed E-state index contributed by atoms with van der Waals surface area (Å²) in [5.41, 5.74) is 1.37. The third-order valence-corrected chi connectivity index (χ3v) is 2.25. The van der Waals surface area contributed by atoms with Crippen LogP contribution in [-0.2, 0) is 0 Å². The molecule has 5 heteroatoms. The fourth-order valence-corrected chi connectivity index (χ4v) is 1.44. The van der Waals surface area contributed by atoms with Crippen molar-refractivity contribution in [1.82, 2.24) is 15.0 Å². The fraction of sp³-hybridized carbons (Fsp3) is 0.182. The van der Waals surface area contributed by atoms with E-state index in [0.29, 0.717) is 17.3 Å². The highest BCUT2D eigenvalue weighted by atomic mass is 15.2. The minimum atomic E-state index is 0.380. The minimum Gasteiger partial charge on any atom is -0.366 e. The van der Waals surface area contributed by atoms with Crippen molar-refractivity contribution in [2.24, 2.45) is 0 Å². The van der Waals surface area contributed by atoms with Gasteiger partial charge in [-0.2, -0.15) is 5.26 Å². The van der Waals surface area contributed by atoms with Crippen LogP contribution >= 0.6 is 0 Å². The van der Waals surface area contributed by atoms with Crippen LogP contribution in [0.25, 0.3) is 0 Å². The Kier molecular flexibility index (Phi) is 2.56. The van der Waals surface area contributed by atoms with Gasteiger partial charge >= 0.3 is 0 Å². The molecule has 0 aliphatic rings. The lowest BCUT2D eigenvalue weighted by Crippen LogP contribution is -2.12. The van der Waals surface area contributed by atoms with Crippen molar-refractivity contribution in [3.8, 4) is 6.07 Å². The van der Waals surface area contributed by atoms with Crippen LogP contribution in [-0.4, -0.2) is 22.0 Å². The summed E-state index contributed by atoms with van der Waals surface area (Å²) in [7, 11) is 1.89. The van der Waals surface area contributed by atoms with Gasteiger partial charge < -0.3 is 9.88 Å². The lowest BCUT2D eigenvalue weighted by Gasteiger charge is -2.16. The van der Waals surface area contributed by atoms with E-state index in [1.165, 1.54) is 0 Å². The largest absolute Gasteiger partial charge is 0.366 e. The maximum absolute atomic E-state index is 8.83. The highest BCUT2D eigenvalue weighted by Gasteiger charge is 2.08. The number of nitriles is 1. The Morgan fingerprint density at radius 1 is 1.44 bits per heavy atom. The van der Waals surface area contributed by atoms with Crippen molar-refractivity contribution < 1.29 is 0 Å². The summed E-state index contributed by atoms with van der Waals surface area (Å²) in [6, 6.07) is 5.62. The van der Waals surface area contributed by atoms with Gasteiger partial charge in [0.2, 0.25) is 0 Å². The van der Waals surface area contributed by atoms with Crippen LogP contribution in [0.3, 0.4) is 0 Å². The Morgan fingerprint density at radius 2 is 2.25 bits per heavy atom. The number of H-pyrrole nitrogens is 1. The van der Waals surface area contributed by atoms with Gasteiger partial charge in [-0.25, -0.2) is 9.97 Å². The third kappa shape index (κ3) is 1.86. The molecule has 0 atom stereocenters. The van der Waals surface area contributed by atoms with E-state index in [4.69, 9.17) is 5.26 Å². The Morgan fingerprint density at radius 3 is 2.88 bits per heavy atom. The van der Waals surface area contributed by atoms with Crippen LogP contribution in [0.15, 0.2) is 24.5 Å². The van der Waals surface area contributed by atoms with Gasteiger partial charge in [-0.05, 0) is 13.0 Å². The van der Waals surface area contributed by atoms with Crippen LogP contribution in [0.5, 0.6) is 0 Å². The number of hydrogen-bond acceptors (Lipinski definition) is 4. The first kappa shape index (κ1) is 10.2. The summed E-state index contributed by atoms with van der Waals surface area (Å²) in [6.07, 6.45) is 3.70. The van der Waals surface area contributed by atoms with E-state index in [1.54, 1.807) is 13.0 Å². The predicted molar refractivity (Wildman–Crippen MR) is 60.3 cm³/mol. The Labute approximate surface area is 93.4 Å². The molecule has 0 bridgehead atoms. The molecule has 2 heterocycles. The molecule has 1 N–H and O–H groups in total. The summed E-state index contributed by atoms with van der Waals surface area (Å²) in [5, 5.41) is 8.83. The van der Waals surface area contributed by atoms with Crippen LogP contribution in [0.4, 0.5) is 11.5 Å². The van der Waals surface area contributed by atoms with Crippen molar-refractivity contribution in [3.05, 3.63) is 36.0 Å². The molecule has 0 fully saturated rings. The fourth-order valence-electron chi connectivity index (χ4n) is 1.44. The van der Waals surface area contributed by atoms with Crippen LogP contribution in [0, 0.1) is 18.3 Å². The maximum Gasteiger partial charge on any atom is 0.146 e. The quantitative estimate of drug-likeness (QED) is 0.825. The maximum atomic E-state index is 8.83. The molecular formula is C11H11N5. The van der Waals surface area contributed by atoms with E-state index in [-0.39, 0.29) is 0 Å². The van der Waals surface area contributed by atoms with E-state index in [2.05, 4.69) is 15.0 Å². The molecule has 80 valence electrons. The molecule has 0 amide bonds. The lowest BCUT2D eigenvalue weighted by molar-refractivity contribution is 1.00. The Bertz CT molecular complexity index is 524. The molecule has 0 radical (unpaired) electrons. The number of nitrogens with one attached hydrogen (secondary N) is 1. The van der Waals surface area contributed by atoms with Gasteiger partial charge in [-0.3, -0.25) is 0 Å². The third-order valence-electron chi connectivity index (χ3n) is 2.25. The zero-order chi connectivity index (χ0) is 11.5. The first-order chi connectivity index (χ1) is 7.70. The van der Waals surface area contributed by atoms with Gasteiger partial charge in [0, 0.05) is 25.5 Å². The van der Waals surface area contributed by atoms with Crippen molar-refractivity contribution in [2.45, 2.75) is 6.92 Å². The molecule has 0 saturated carbocycles. The standard InChI is InChI=1S/C11H11N5/c1-8-14-9(6-12)5-11(15-8)16(2)10-3-4-13-7-10/h3-5,7,13H,1-2H3. The second-order valence-electron chi connectivity index (χ2n) is 3.40. The molecule has 0 saturated heterocycles. The zero-order valence-electron chi connectivity index (χ0n) is 9.10. The van der Waals surface area contributed by atoms with Crippen molar-refractivity contribution >= 4 is 11.5 Å². The topological polar surface area (TPSA) is 68.6 Å². The van der Waals surface area contributed by atoms with Gasteiger partial charge in [0.15, 0.2) is 0 Å². The molecular weight excluding hydrogens is 202 g/mol. The number of nitrogens with zero attached hydrogens (tertiary/aromatic N) is 4. The summed E-state index contributed by atoms with van der Waals surface area (Å²) < 4.78 is 0. The number of aryl methyl sites for hydroxylation is 1. The van der Waals surface area contributed by atoms with Crippen molar-refractivity contribution in [1.29, 1.82) is 5.26 Å². The highest BCUT2D eigenvalue weighted by Crippen LogP contribution is 2.21. The normalized spacial score (nSPS) is 9.81. The number of hydrogen-bond donors (Lipinski definition) is 1. The molecule has 0 aliphatic carbocycles. The number of anilines is 2. The van der Waals surface area contributed by atoms with Crippen molar-refractivity contribution in [3.63, 3.8) is 0 Å². The molecule has 0 aromatic carbocycles. The lowest BCUT2D eigenvalue weighted by atomic mass is 10.3. The van der Waals surface area contributed by atoms with Crippen molar-refractivity contribution in [2.75, 3.05) is 11.9 Å². The minimum absolute atomic E-state index is 0.380. The first-order valence-corrected chi connectivity index (χ1v) is 4.83.